The van der Waals surface area contributed by atoms with Crippen molar-refractivity contribution >= 4 is 40.7 Å². The number of carbonyl (C=O) groups excluding carboxylic acids is 1. The van der Waals surface area contributed by atoms with E-state index in [-0.39, 0.29) is 11.3 Å². The van der Waals surface area contributed by atoms with Gasteiger partial charge in [0.05, 0.1) is 0 Å². The molecule has 0 aromatic heterocycles. The van der Waals surface area contributed by atoms with Crippen LogP contribution < -0.4 is 5.32 Å². The van der Waals surface area contributed by atoms with E-state index in [1.165, 1.54) is 5.56 Å². The lowest BCUT2D eigenvalue weighted by molar-refractivity contribution is 0.0928. The summed E-state index contributed by atoms with van der Waals surface area (Å²) >= 11 is 18.3. The van der Waals surface area contributed by atoms with Crippen LogP contribution in [0, 0.1) is 0 Å². The van der Waals surface area contributed by atoms with Crippen LogP contribution in [-0.4, -0.2) is 37.5 Å². The van der Waals surface area contributed by atoms with Gasteiger partial charge in [-0.2, -0.15) is 0 Å². The third kappa shape index (κ3) is 5.29. The van der Waals surface area contributed by atoms with Crippen molar-refractivity contribution in [3.05, 3.63) is 92.9 Å². The topological polar surface area (TPSA) is 32.3 Å². The van der Waals surface area contributed by atoms with Gasteiger partial charge in [-0.1, -0.05) is 71.2 Å². The fourth-order valence-electron chi connectivity index (χ4n) is 4.33. The average Bonchev–Trinajstić information content (AvgIpc) is 2.78. The van der Waals surface area contributed by atoms with Crippen LogP contribution in [0.25, 0.3) is 11.1 Å². The van der Waals surface area contributed by atoms with Crippen LogP contribution in [0.4, 0.5) is 0 Å². The van der Waals surface area contributed by atoms with Gasteiger partial charge in [-0.25, -0.2) is 0 Å². The van der Waals surface area contributed by atoms with E-state index < -0.39 is 0 Å². The maximum atomic E-state index is 12.8. The molecule has 32 heavy (non-hydrogen) atoms. The number of nitrogens with one attached hydrogen (secondary N) is 1. The first kappa shape index (κ1) is 23.1. The molecule has 1 saturated heterocycles. The number of halogens is 3. The van der Waals surface area contributed by atoms with Crippen LogP contribution in [0.2, 0.25) is 15.1 Å². The van der Waals surface area contributed by atoms with Gasteiger partial charge in [-0.3, -0.25) is 4.79 Å². The summed E-state index contributed by atoms with van der Waals surface area (Å²) in [5.74, 6) is -0.164. The SMILES string of the molecule is CN1CCC(CNC(=O)c2cc(Cl)cc(Cl)c2)(c2ccc(-c3cccc(Cl)c3)cc2)CC1. The molecule has 1 heterocycles. The van der Waals surface area contributed by atoms with Crippen molar-refractivity contribution in [2.24, 2.45) is 0 Å². The highest BCUT2D eigenvalue weighted by molar-refractivity contribution is 6.35. The van der Waals surface area contributed by atoms with E-state index in [1.807, 2.05) is 18.2 Å². The minimum atomic E-state index is -0.164. The van der Waals surface area contributed by atoms with Crippen LogP contribution in [-0.2, 0) is 5.41 Å². The Morgan fingerprint density at radius 3 is 2.16 bits per heavy atom. The van der Waals surface area contributed by atoms with Gasteiger partial charge in [0.2, 0.25) is 0 Å². The van der Waals surface area contributed by atoms with Gasteiger partial charge in [0.1, 0.15) is 0 Å². The minimum Gasteiger partial charge on any atom is -0.351 e. The van der Waals surface area contributed by atoms with Crippen molar-refractivity contribution in [3.63, 3.8) is 0 Å². The molecule has 3 nitrogen and oxygen atoms in total. The Labute approximate surface area is 204 Å². The van der Waals surface area contributed by atoms with Crippen LogP contribution in [0.15, 0.2) is 66.7 Å². The molecule has 1 aliphatic heterocycles. The molecule has 3 aromatic carbocycles. The molecule has 166 valence electrons. The maximum absolute atomic E-state index is 12.8. The molecule has 1 fully saturated rings. The van der Waals surface area contributed by atoms with Gasteiger partial charge >= 0.3 is 0 Å². The van der Waals surface area contributed by atoms with E-state index in [2.05, 4.69) is 47.6 Å². The molecule has 0 aliphatic carbocycles. The molecule has 1 N–H and O–H groups in total. The van der Waals surface area contributed by atoms with Gasteiger partial charge in [0.15, 0.2) is 0 Å². The molecular formula is C26H25Cl3N2O. The van der Waals surface area contributed by atoms with E-state index in [0.717, 1.165) is 42.1 Å². The molecule has 0 saturated carbocycles. The Hall–Kier alpha value is -2.04. The van der Waals surface area contributed by atoms with Crippen LogP contribution in [0.1, 0.15) is 28.8 Å². The van der Waals surface area contributed by atoms with E-state index >= 15 is 0 Å². The summed E-state index contributed by atoms with van der Waals surface area (Å²) in [7, 11) is 2.14. The lowest BCUT2D eigenvalue weighted by Gasteiger charge is -2.41. The first-order valence-corrected chi connectivity index (χ1v) is 11.8. The Morgan fingerprint density at radius 2 is 1.53 bits per heavy atom. The number of benzene rings is 3. The zero-order valence-electron chi connectivity index (χ0n) is 17.9. The summed E-state index contributed by atoms with van der Waals surface area (Å²) in [5, 5.41) is 4.77. The van der Waals surface area contributed by atoms with Gasteiger partial charge in [-0.05, 0) is 80.0 Å². The quantitative estimate of drug-likeness (QED) is 0.434. The number of carbonyl (C=O) groups is 1. The Balaban J connectivity index is 1.57. The minimum absolute atomic E-state index is 0.128. The van der Waals surface area contributed by atoms with Gasteiger partial charge in [0, 0.05) is 32.6 Å². The second-order valence-corrected chi connectivity index (χ2v) is 9.82. The summed E-state index contributed by atoms with van der Waals surface area (Å²) in [6, 6.07) is 21.4. The smallest absolute Gasteiger partial charge is 0.251 e. The van der Waals surface area contributed by atoms with Crippen LogP contribution in [0.5, 0.6) is 0 Å². The molecular weight excluding hydrogens is 463 g/mol. The Kier molecular flexibility index (Phi) is 7.11. The number of hydrogen-bond acceptors (Lipinski definition) is 2. The van der Waals surface area contributed by atoms with Crippen molar-refractivity contribution in [2.45, 2.75) is 18.3 Å². The number of hydrogen-bond donors (Lipinski definition) is 1. The second kappa shape index (κ2) is 9.84. The highest BCUT2D eigenvalue weighted by atomic mass is 35.5. The molecule has 0 radical (unpaired) electrons. The lowest BCUT2D eigenvalue weighted by atomic mass is 9.72. The van der Waals surface area contributed by atoms with Gasteiger partial charge in [0.25, 0.3) is 5.91 Å². The third-order valence-electron chi connectivity index (χ3n) is 6.31. The fourth-order valence-corrected chi connectivity index (χ4v) is 5.05. The molecule has 3 aromatic rings. The first-order valence-electron chi connectivity index (χ1n) is 10.6. The summed E-state index contributed by atoms with van der Waals surface area (Å²) < 4.78 is 0. The molecule has 1 aliphatic rings. The van der Waals surface area contributed by atoms with E-state index in [4.69, 9.17) is 34.8 Å². The molecule has 1 amide bonds. The highest BCUT2D eigenvalue weighted by Gasteiger charge is 2.36. The zero-order valence-corrected chi connectivity index (χ0v) is 20.1. The van der Waals surface area contributed by atoms with Gasteiger partial charge in [-0.15, -0.1) is 0 Å². The number of amides is 1. The average molecular weight is 488 g/mol. The van der Waals surface area contributed by atoms with E-state index in [0.29, 0.717) is 22.2 Å². The summed E-state index contributed by atoms with van der Waals surface area (Å²) in [5.41, 5.74) is 3.80. The third-order valence-corrected chi connectivity index (χ3v) is 6.98. The van der Waals surface area contributed by atoms with Crippen LogP contribution >= 0.6 is 34.8 Å². The fraction of sp³-hybridized carbons (Fsp3) is 0.269. The van der Waals surface area contributed by atoms with Crippen molar-refractivity contribution < 1.29 is 4.79 Å². The normalized spacial score (nSPS) is 16.0. The largest absolute Gasteiger partial charge is 0.351 e. The molecule has 0 atom stereocenters. The molecule has 0 bridgehead atoms. The summed E-state index contributed by atoms with van der Waals surface area (Å²) in [4.78, 5) is 15.2. The lowest BCUT2D eigenvalue weighted by Crippen LogP contribution is -2.48. The molecule has 6 heteroatoms. The van der Waals surface area contributed by atoms with Crippen LogP contribution in [0.3, 0.4) is 0 Å². The molecule has 0 spiro atoms. The predicted octanol–water partition coefficient (Wildman–Crippen LogP) is 6.71. The van der Waals surface area contributed by atoms with E-state index in [1.54, 1.807) is 18.2 Å². The maximum Gasteiger partial charge on any atom is 0.251 e. The Bertz CT molecular complexity index is 1090. The number of piperidine rings is 1. The van der Waals surface area contributed by atoms with Crippen molar-refractivity contribution in [3.8, 4) is 11.1 Å². The Morgan fingerprint density at radius 1 is 0.875 bits per heavy atom. The van der Waals surface area contributed by atoms with Crippen molar-refractivity contribution in [2.75, 3.05) is 26.7 Å². The molecule has 0 unspecified atom stereocenters. The van der Waals surface area contributed by atoms with Crippen molar-refractivity contribution in [1.29, 1.82) is 0 Å². The highest BCUT2D eigenvalue weighted by Crippen LogP contribution is 2.36. The second-order valence-electron chi connectivity index (χ2n) is 8.51. The van der Waals surface area contributed by atoms with E-state index in [9.17, 15) is 4.79 Å². The monoisotopic (exact) mass is 486 g/mol. The predicted molar refractivity (Wildman–Crippen MR) is 134 cm³/mol. The number of nitrogens with zero attached hydrogens (tertiary/aromatic N) is 1. The molecule has 4 rings (SSSR count). The number of rotatable bonds is 5. The number of likely N-dealkylation sites (tertiary alicyclic amines) is 1. The van der Waals surface area contributed by atoms with Gasteiger partial charge < -0.3 is 10.2 Å². The van der Waals surface area contributed by atoms with Crippen molar-refractivity contribution in [1.82, 2.24) is 10.2 Å². The summed E-state index contributed by atoms with van der Waals surface area (Å²) in [6.07, 6.45) is 1.94. The zero-order chi connectivity index (χ0) is 22.7. The standard InChI is InChI=1S/C26H25Cl3N2O/c1-31-11-9-26(10-12-31,17-30-25(32)20-14-23(28)16-24(29)15-20)21-7-5-18(6-8-21)19-3-2-4-22(27)13-19/h2-8,13-16H,9-12,17H2,1H3,(H,30,32). The first-order chi connectivity index (χ1) is 15.3. The summed E-state index contributed by atoms with van der Waals surface area (Å²) in [6.45, 7) is 2.52.